The number of benzene rings is 2. The van der Waals surface area contributed by atoms with Crippen LogP contribution in [-0.4, -0.2) is 21.2 Å². The number of hydroxylamine groups is 2. The molecule has 26 heavy (non-hydrogen) atoms. The van der Waals surface area contributed by atoms with Crippen LogP contribution in [0.3, 0.4) is 0 Å². The molecule has 0 unspecified atom stereocenters. The molecule has 136 valence electrons. The predicted octanol–water partition coefficient (Wildman–Crippen LogP) is 5.25. The average molecular weight is 369 g/mol. The van der Waals surface area contributed by atoms with Crippen LogP contribution >= 0.6 is 11.8 Å². The van der Waals surface area contributed by atoms with Gasteiger partial charge < -0.3 is 5.11 Å². The highest BCUT2D eigenvalue weighted by molar-refractivity contribution is 7.99. The van der Waals surface area contributed by atoms with E-state index in [-0.39, 0.29) is 17.0 Å². The van der Waals surface area contributed by atoms with Crippen LogP contribution in [-0.2, 0) is 11.0 Å². The van der Waals surface area contributed by atoms with E-state index >= 15 is 0 Å². The van der Waals surface area contributed by atoms with Crippen LogP contribution in [0, 0.1) is 5.41 Å². The Hall–Kier alpha value is -1.98. The standard InChI is InChI=1S/C21H24N2O2S/c1-20(2,3)13-5-7-14(8-6-13)26-18-16(24)10-9-15-17(18)19(22)23(25)21(15)11-4-12-21/h5-10,22,24-25H,4,11-12H2,1-3H3. The number of fused-ring (bicyclic) bond motifs is 2. The van der Waals surface area contributed by atoms with Crippen molar-refractivity contribution in [1.82, 2.24) is 5.06 Å². The number of hydrogen-bond acceptors (Lipinski definition) is 4. The molecular weight excluding hydrogens is 344 g/mol. The smallest absolute Gasteiger partial charge is 0.154 e. The molecule has 2 aromatic rings. The molecule has 0 atom stereocenters. The molecule has 3 N–H and O–H groups in total. The Kier molecular flexibility index (Phi) is 3.86. The second-order valence-corrected chi connectivity index (χ2v) is 9.34. The summed E-state index contributed by atoms with van der Waals surface area (Å²) < 4.78 is 0. The van der Waals surface area contributed by atoms with Crippen molar-refractivity contribution in [3.8, 4) is 5.75 Å². The van der Waals surface area contributed by atoms with E-state index in [1.54, 1.807) is 6.07 Å². The van der Waals surface area contributed by atoms with Crippen LogP contribution < -0.4 is 0 Å². The quantitative estimate of drug-likeness (QED) is 0.677. The van der Waals surface area contributed by atoms with Crippen molar-refractivity contribution in [2.24, 2.45) is 0 Å². The Morgan fingerprint density at radius 1 is 1.08 bits per heavy atom. The second-order valence-electron chi connectivity index (χ2n) is 8.26. The topological polar surface area (TPSA) is 67.5 Å². The van der Waals surface area contributed by atoms with Gasteiger partial charge in [-0.3, -0.25) is 10.6 Å². The minimum Gasteiger partial charge on any atom is -0.507 e. The average Bonchev–Trinajstić information content (AvgIpc) is 2.78. The summed E-state index contributed by atoms with van der Waals surface area (Å²) in [5.74, 6) is 0.243. The first kappa shape index (κ1) is 17.4. The number of nitrogens with one attached hydrogen (secondary N) is 1. The first-order valence-corrected chi connectivity index (χ1v) is 9.78. The van der Waals surface area contributed by atoms with E-state index in [4.69, 9.17) is 5.41 Å². The molecule has 4 rings (SSSR count). The van der Waals surface area contributed by atoms with Gasteiger partial charge in [-0.2, -0.15) is 0 Å². The molecule has 2 aromatic carbocycles. The van der Waals surface area contributed by atoms with Gasteiger partial charge in [0.25, 0.3) is 0 Å². The number of hydrogen-bond donors (Lipinski definition) is 3. The van der Waals surface area contributed by atoms with Gasteiger partial charge in [0.1, 0.15) is 5.75 Å². The normalized spacial score (nSPS) is 18.2. The lowest BCUT2D eigenvalue weighted by Gasteiger charge is -2.43. The third-order valence-corrected chi connectivity index (χ3v) is 6.74. The number of nitrogens with zero attached hydrogens (tertiary/aromatic N) is 1. The number of rotatable bonds is 2. The van der Waals surface area contributed by atoms with E-state index in [0.29, 0.717) is 10.5 Å². The van der Waals surface area contributed by atoms with Gasteiger partial charge in [0.2, 0.25) is 0 Å². The van der Waals surface area contributed by atoms with E-state index in [1.807, 2.05) is 6.07 Å². The van der Waals surface area contributed by atoms with Crippen molar-refractivity contribution in [3.63, 3.8) is 0 Å². The SMILES string of the molecule is CC(C)(C)c1ccc(Sc2c(O)ccc3c2C(=N)N(O)C32CCC2)cc1. The Morgan fingerprint density at radius 2 is 1.73 bits per heavy atom. The molecule has 1 saturated carbocycles. The van der Waals surface area contributed by atoms with Crippen LogP contribution in [0.1, 0.15) is 56.7 Å². The van der Waals surface area contributed by atoms with Crippen molar-refractivity contribution < 1.29 is 10.3 Å². The molecule has 0 radical (unpaired) electrons. The molecule has 1 heterocycles. The molecular formula is C21H24N2O2S. The van der Waals surface area contributed by atoms with Crippen molar-refractivity contribution in [3.05, 3.63) is 53.1 Å². The van der Waals surface area contributed by atoms with Crippen LogP contribution in [0.15, 0.2) is 46.2 Å². The number of amidine groups is 1. The third-order valence-electron chi connectivity index (χ3n) is 5.61. The van der Waals surface area contributed by atoms with Gasteiger partial charge in [-0.25, -0.2) is 5.06 Å². The lowest BCUT2D eigenvalue weighted by Crippen LogP contribution is -2.46. The Balaban J connectivity index is 1.74. The monoisotopic (exact) mass is 368 g/mol. The maximum atomic E-state index is 10.5. The summed E-state index contributed by atoms with van der Waals surface area (Å²) in [6.45, 7) is 6.54. The fourth-order valence-electron chi connectivity index (χ4n) is 3.87. The molecule has 0 bridgehead atoms. The largest absolute Gasteiger partial charge is 0.507 e. The Morgan fingerprint density at radius 3 is 2.27 bits per heavy atom. The van der Waals surface area contributed by atoms with Gasteiger partial charge in [0.15, 0.2) is 5.84 Å². The van der Waals surface area contributed by atoms with Gasteiger partial charge in [0.05, 0.1) is 10.4 Å². The van der Waals surface area contributed by atoms with Crippen LogP contribution in [0.25, 0.3) is 0 Å². The van der Waals surface area contributed by atoms with Crippen LogP contribution in [0.4, 0.5) is 0 Å². The number of aromatic hydroxyl groups is 1. The second kappa shape index (κ2) is 5.76. The van der Waals surface area contributed by atoms with E-state index in [1.165, 1.54) is 17.3 Å². The molecule has 4 nitrogen and oxygen atoms in total. The van der Waals surface area contributed by atoms with Gasteiger partial charge >= 0.3 is 0 Å². The van der Waals surface area contributed by atoms with Crippen molar-refractivity contribution in [2.75, 3.05) is 0 Å². The summed E-state index contributed by atoms with van der Waals surface area (Å²) in [7, 11) is 0. The van der Waals surface area contributed by atoms with E-state index in [2.05, 4.69) is 45.0 Å². The van der Waals surface area contributed by atoms with Crippen LogP contribution in [0.5, 0.6) is 5.75 Å². The lowest BCUT2D eigenvalue weighted by atomic mass is 9.72. The zero-order chi connectivity index (χ0) is 18.7. The van der Waals surface area contributed by atoms with Gasteiger partial charge in [-0.1, -0.05) is 50.7 Å². The third kappa shape index (κ3) is 2.45. The minimum atomic E-state index is -0.467. The fourth-order valence-corrected chi connectivity index (χ4v) is 4.85. The van der Waals surface area contributed by atoms with Crippen molar-refractivity contribution >= 4 is 17.6 Å². The van der Waals surface area contributed by atoms with Gasteiger partial charge in [0, 0.05) is 10.5 Å². The number of phenolic OH excluding ortho intramolecular Hbond substituents is 1. The lowest BCUT2D eigenvalue weighted by molar-refractivity contribution is -0.138. The highest BCUT2D eigenvalue weighted by Crippen LogP contribution is 2.54. The highest BCUT2D eigenvalue weighted by Gasteiger charge is 2.53. The van der Waals surface area contributed by atoms with Gasteiger partial charge in [-0.15, -0.1) is 0 Å². The molecule has 0 aromatic heterocycles. The van der Waals surface area contributed by atoms with E-state index < -0.39 is 5.54 Å². The molecule has 2 aliphatic rings. The summed E-state index contributed by atoms with van der Waals surface area (Å²) in [4.78, 5) is 1.66. The van der Waals surface area contributed by atoms with Gasteiger partial charge in [-0.05, 0) is 54.0 Å². The van der Waals surface area contributed by atoms with Crippen LogP contribution in [0.2, 0.25) is 0 Å². The molecule has 0 saturated heterocycles. The summed E-state index contributed by atoms with van der Waals surface area (Å²) in [5.41, 5.74) is 2.51. The molecule has 1 spiro atoms. The molecule has 1 aliphatic carbocycles. The molecule has 1 aliphatic heterocycles. The summed E-state index contributed by atoms with van der Waals surface area (Å²) in [6.07, 6.45) is 2.73. The summed E-state index contributed by atoms with van der Waals surface area (Å²) in [6, 6.07) is 11.9. The predicted molar refractivity (Wildman–Crippen MR) is 103 cm³/mol. The summed E-state index contributed by atoms with van der Waals surface area (Å²) >= 11 is 1.45. The Bertz CT molecular complexity index is 880. The number of phenols is 1. The van der Waals surface area contributed by atoms with E-state index in [9.17, 15) is 10.3 Å². The highest BCUT2D eigenvalue weighted by atomic mass is 32.2. The van der Waals surface area contributed by atoms with Crippen molar-refractivity contribution in [1.29, 1.82) is 5.41 Å². The molecule has 1 fully saturated rings. The fraction of sp³-hybridized carbons (Fsp3) is 0.381. The maximum absolute atomic E-state index is 10.5. The molecule has 0 amide bonds. The van der Waals surface area contributed by atoms with E-state index in [0.717, 1.165) is 34.8 Å². The summed E-state index contributed by atoms with van der Waals surface area (Å²) in [5, 5.41) is 30.5. The first-order chi connectivity index (χ1) is 12.2. The first-order valence-electron chi connectivity index (χ1n) is 8.97. The zero-order valence-electron chi connectivity index (χ0n) is 15.3. The molecule has 5 heteroatoms. The van der Waals surface area contributed by atoms with Crippen molar-refractivity contribution in [2.45, 2.75) is 60.8 Å². The zero-order valence-corrected chi connectivity index (χ0v) is 16.2. The Labute approximate surface area is 158 Å². The minimum absolute atomic E-state index is 0.0874. The maximum Gasteiger partial charge on any atom is 0.154 e.